The van der Waals surface area contributed by atoms with Crippen molar-refractivity contribution in [1.29, 1.82) is 0 Å². The molecule has 0 aliphatic carbocycles. The molecule has 10 heteroatoms. The normalized spacial score (nSPS) is 12.8. The van der Waals surface area contributed by atoms with Gasteiger partial charge in [0.05, 0.1) is 14.2 Å². The Balaban J connectivity index is 3.13. The molecule has 3 N–H and O–H groups in total. The van der Waals surface area contributed by atoms with Crippen LogP contribution in [-0.2, 0) is 23.9 Å². The number of amides is 2. The number of primary amides is 1. The van der Waals surface area contributed by atoms with Crippen molar-refractivity contribution in [3.8, 4) is 0 Å². The summed E-state index contributed by atoms with van der Waals surface area (Å²) in [5.41, 5.74) is 4.83. The first kappa shape index (κ1) is 21.0. The van der Waals surface area contributed by atoms with Gasteiger partial charge in [0.2, 0.25) is 5.91 Å². The zero-order valence-electron chi connectivity index (χ0n) is 14.2. The lowest BCUT2D eigenvalue weighted by molar-refractivity contribution is -0.161. The monoisotopic (exact) mass is 372 g/mol. The summed E-state index contributed by atoms with van der Waals surface area (Å²) >= 11 is 0. The highest BCUT2D eigenvalue weighted by Gasteiger charge is 2.41. The average Bonchev–Trinajstić information content (AvgIpc) is 2.57. The van der Waals surface area contributed by atoms with Crippen LogP contribution in [0.25, 0.3) is 0 Å². The van der Waals surface area contributed by atoms with Gasteiger partial charge in [0, 0.05) is 17.5 Å². The summed E-state index contributed by atoms with van der Waals surface area (Å²) in [5, 5.41) is 2.16. The Morgan fingerprint density at radius 1 is 1.00 bits per heavy atom. The van der Waals surface area contributed by atoms with E-state index in [9.17, 15) is 28.0 Å². The number of benzene rings is 1. The maximum Gasteiger partial charge on any atom is 0.320 e. The molecular weight excluding hydrogens is 354 g/mol. The minimum absolute atomic E-state index is 0.409. The lowest BCUT2D eigenvalue weighted by Crippen LogP contribution is -2.52. The summed E-state index contributed by atoms with van der Waals surface area (Å²) in [6.45, 7) is 1.29. The van der Waals surface area contributed by atoms with Crippen molar-refractivity contribution in [1.82, 2.24) is 5.32 Å². The standard InChI is InChI=1S/C16H18F2N2O6/c1-7(11(15(23)25-2)16(24)26-3)12(13(19)21)20-14(22)8-4-9(17)6-10(18)5-8/h4-7,11-12H,1-3H3,(H2,19,21)(H,20,22)/t7-,12+/m1/s1. The fraction of sp³-hybridized carbons (Fsp3) is 0.375. The molecule has 1 aromatic rings. The minimum Gasteiger partial charge on any atom is -0.468 e. The number of nitrogens with two attached hydrogens (primary N) is 1. The summed E-state index contributed by atoms with van der Waals surface area (Å²) in [6, 6.07) is 0.547. The van der Waals surface area contributed by atoms with Crippen LogP contribution in [0.5, 0.6) is 0 Å². The first-order valence-corrected chi connectivity index (χ1v) is 7.34. The topological polar surface area (TPSA) is 125 Å². The summed E-state index contributed by atoms with van der Waals surface area (Å²) in [6.07, 6.45) is 0. The second-order valence-electron chi connectivity index (χ2n) is 5.39. The zero-order chi connectivity index (χ0) is 20.0. The van der Waals surface area contributed by atoms with Gasteiger partial charge in [-0.1, -0.05) is 6.92 Å². The molecule has 0 aliphatic rings. The molecule has 0 heterocycles. The van der Waals surface area contributed by atoms with Crippen LogP contribution in [0.3, 0.4) is 0 Å². The molecule has 2 amide bonds. The molecule has 2 atom stereocenters. The van der Waals surface area contributed by atoms with Crippen molar-refractivity contribution in [3.63, 3.8) is 0 Å². The summed E-state index contributed by atoms with van der Waals surface area (Å²) < 4.78 is 35.5. The molecule has 1 aromatic carbocycles. The van der Waals surface area contributed by atoms with E-state index < -0.39 is 58.8 Å². The van der Waals surface area contributed by atoms with Crippen molar-refractivity contribution >= 4 is 23.8 Å². The molecule has 0 aromatic heterocycles. The Hall–Kier alpha value is -3.04. The van der Waals surface area contributed by atoms with Gasteiger partial charge in [-0.05, 0) is 12.1 Å². The minimum atomic E-state index is -1.55. The number of hydrogen-bond donors (Lipinski definition) is 2. The molecule has 26 heavy (non-hydrogen) atoms. The zero-order valence-corrected chi connectivity index (χ0v) is 14.2. The van der Waals surface area contributed by atoms with Crippen molar-refractivity contribution in [2.24, 2.45) is 17.6 Å². The van der Waals surface area contributed by atoms with Crippen molar-refractivity contribution < 1.29 is 37.4 Å². The molecule has 142 valence electrons. The van der Waals surface area contributed by atoms with Crippen LogP contribution in [0, 0.1) is 23.5 Å². The van der Waals surface area contributed by atoms with Crippen LogP contribution in [0.15, 0.2) is 18.2 Å². The smallest absolute Gasteiger partial charge is 0.320 e. The quantitative estimate of drug-likeness (QED) is 0.518. The number of ether oxygens (including phenoxy) is 2. The Labute approximate surface area is 147 Å². The van der Waals surface area contributed by atoms with E-state index in [4.69, 9.17) is 5.73 Å². The second kappa shape index (κ2) is 8.88. The van der Waals surface area contributed by atoms with Crippen LogP contribution in [-0.4, -0.2) is 44.0 Å². The number of nitrogens with one attached hydrogen (secondary N) is 1. The Bertz CT molecular complexity index is 688. The van der Waals surface area contributed by atoms with Gasteiger partial charge < -0.3 is 20.5 Å². The molecule has 0 aliphatic heterocycles. The fourth-order valence-corrected chi connectivity index (χ4v) is 2.34. The predicted octanol–water partition coefficient (Wildman–Crippen LogP) is 0.147. The van der Waals surface area contributed by atoms with Crippen molar-refractivity contribution in [2.45, 2.75) is 13.0 Å². The van der Waals surface area contributed by atoms with Gasteiger partial charge in [-0.25, -0.2) is 8.78 Å². The highest BCUT2D eigenvalue weighted by atomic mass is 19.1. The first-order valence-electron chi connectivity index (χ1n) is 7.34. The molecule has 0 spiro atoms. The van der Waals surface area contributed by atoms with E-state index in [0.29, 0.717) is 6.07 Å². The van der Waals surface area contributed by atoms with Crippen LogP contribution in [0.2, 0.25) is 0 Å². The molecule has 0 bridgehead atoms. The van der Waals surface area contributed by atoms with Gasteiger partial charge in [-0.3, -0.25) is 19.2 Å². The number of halogens is 2. The number of methoxy groups -OCH3 is 2. The van der Waals surface area contributed by atoms with E-state index in [1.54, 1.807) is 0 Å². The lowest BCUT2D eigenvalue weighted by Gasteiger charge is -2.26. The number of rotatable bonds is 7. The van der Waals surface area contributed by atoms with Crippen LogP contribution in [0.1, 0.15) is 17.3 Å². The molecule has 8 nitrogen and oxygen atoms in total. The molecule has 0 radical (unpaired) electrons. The molecule has 0 unspecified atom stereocenters. The molecular formula is C16H18F2N2O6. The average molecular weight is 372 g/mol. The Morgan fingerprint density at radius 2 is 1.46 bits per heavy atom. The highest BCUT2D eigenvalue weighted by Crippen LogP contribution is 2.20. The van der Waals surface area contributed by atoms with Gasteiger partial charge in [-0.2, -0.15) is 0 Å². The second-order valence-corrected chi connectivity index (χ2v) is 5.39. The Kier molecular flexibility index (Phi) is 7.17. The lowest BCUT2D eigenvalue weighted by atomic mass is 9.86. The third-order valence-corrected chi connectivity index (χ3v) is 3.68. The van der Waals surface area contributed by atoms with E-state index >= 15 is 0 Å². The van der Waals surface area contributed by atoms with Crippen LogP contribution >= 0.6 is 0 Å². The summed E-state index contributed by atoms with van der Waals surface area (Å²) in [7, 11) is 2.05. The van der Waals surface area contributed by atoms with Crippen LogP contribution in [0.4, 0.5) is 8.78 Å². The number of carbonyl (C=O) groups is 4. The number of hydrogen-bond acceptors (Lipinski definition) is 6. The summed E-state index contributed by atoms with van der Waals surface area (Å²) in [4.78, 5) is 47.6. The predicted molar refractivity (Wildman–Crippen MR) is 83.5 cm³/mol. The van der Waals surface area contributed by atoms with Gasteiger partial charge >= 0.3 is 11.9 Å². The largest absolute Gasteiger partial charge is 0.468 e. The molecule has 0 saturated carbocycles. The SMILES string of the molecule is COC(=O)C(C(=O)OC)[C@@H](C)[C@H](NC(=O)c1cc(F)cc(F)c1)C(N)=O. The van der Waals surface area contributed by atoms with Crippen molar-refractivity contribution in [3.05, 3.63) is 35.4 Å². The third kappa shape index (κ3) is 4.98. The Morgan fingerprint density at radius 3 is 1.85 bits per heavy atom. The van der Waals surface area contributed by atoms with E-state index in [1.807, 2.05) is 0 Å². The fourth-order valence-electron chi connectivity index (χ4n) is 2.34. The van der Waals surface area contributed by atoms with E-state index in [2.05, 4.69) is 14.8 Å². The highest BCUT2D eigenvalue weighted by molar-refractivity contribution is 5.99. The molecule has 0 saturated heterocycles. The van der Waals surface area contributed by atoms with E-state index in [1.165, 1.54) is 6.92 Å². The number of esters is 2. The van der Waals surface area contributed by atoms with Gasteiger partial charge in [0.25, 0.3) is 5.91 Å². The molecule has 1 rings (SSSR count). The summed E-state index contributed by atoms with van der Waals surface area (Å²) in [5.74, 6) is -8.79. The van der Waals surface area contributed by atoms with Crippen molar-refractivity contribution in [2.75, 3.05) is 14.2 Å². The molecule has 0 fully saturated rings. The maximum absolute atomic E-state index is 13.2. The maximum atomic E-state index is 13.2. The first-order chi connectivity index (χ1) is 12.1. The van der Waals surface area contributed by atoms with E-state index in [-0.39, 0.29) is 0 Å². The van der Waals surface area contributed by atoms with Crippen LogP contribution < -0.4 is 11.1 Å². The van der Waals surface area contributed by atoms with Gasteiger partial charge in [0.15, 0.2) is 5.92 Å². The third-order valence-electron chi connectivity index (χ3n) is 3.68. The number of carbonyl (C=O) groups excluding carboxylic acids is 4. The van der Waals surface area contributed by atoms with Gasteiger partial charge in [0.1, 0.15) is 17.7 Å². The van der Waals surface area contributed by atoms with Gasteiger partial charge in [-0.15, -0.1) is 0 Å². The van der Waals surface area contributed by atoms with E-state index in [0.717, 1.165) is 26.4 Å².